The highest BCUT2D eigenvalue weighted by Gasteiger charge is 2.40. The number of Topliss-reactive ketones (excluding diaryl/α,β-unsaturated/α-hetero) is 2. The molecule has 0 aromatic heterocycles. The number of carbonyl (C=O) groups excluding carboxylic acids is 2. The van der Waals surface area contributed by atoms with E-state index in [1.165, 1.54) is 0 Å². The third-order valence-electron chi connectivity index (χ3n) is 4.91. The van der Waals surface area contributed by atoms with E-state index >= 15 is 0 Å². The van der Waals surface area contributed by atoms with Crippen LogP contribution in [0.4, 0.5) is 0 Å². The van der Waals surface area contributed by atoms with Gasteiger partial charge in [0.05, 0.1) is 6.10 Å². The number of ketones is 2. The fourth-order valence-corrected chi connectivity index (χ4v) is 3.06. The van der Waals surface area contributed by atoms with E-state index in [2.05, 4.69) is 0 Å². The van der Waals surface area contributed by atoms with Crippen molar-refractivity contribution in [2.24, 2.45) is 16.7 Å². The van der Waals surface area contributed by atoms with Gasteiger partial charge in [0.15, 0.2) is 5.78 Å². The molecule has 0 spiro atoms. The predicted octanol–water partition coefficient (Wildman–Crippen LogP) is 5.21. The number of ether oxygens (including phenoxy) is 1. The third-order valence-corrected chi connectivity index (χ3v) is 4.91. The molecule has 0 rings (SSSR count). The van der Waals surface area contributed by atoms with Crippen molar-refractivity contribution in [2.45, 2.75) is 100 Å². The zero-order chi connectivity index (χ0) is 18.6. The van der Waals surface area contributed by atoms with Gasteiger partial charge < -0.3 is 4.74 Å². The molecule has 0 amide bonds. The highest BCUT2D eigenvalue weighted by Crippen LogP contribution is 2.32. The molecule has 0 aliphatic rings. The van der Waals surface area contributed by atoms with Gasteiger partial charge in [0.25, 0.3) is 0 Å². The Morgan fingerprint density at radius 2 is 1.39 bits per heavy atom. The molecule has 0 saturated heterocycles. The maximum absolute atomic E-state index is 12.7. The molecule has 0 aliphatic carbocycles. The molecule has 0 fully saturated rings. The summed E-state index contributed by atoms with van der Waals surface area (Å²) >= 11 is 0. The molecule has 1 unspecified atom stereocenters. The van der Waals surface area contributed by atoms with Crippen LogP contribution in [0.5, 0.6) is 0 Å². The molecule has 3 heteroatoms. The number of rotatable bonds is 10. The Balaban J connectivity index is 4.75. The summed E-state index contributed by atoms with van der Waals surface area (Å²) in [5.74, 6) is 0.466. The molecule has 0 heterocycles. The second-order valence-corrected chi connectivity index (χ2v) is 8.95. The molecule has 0 bridgehead atoms. The molecule has 0 aromatic rings. The summed E-state index contributed by atoms with van der Waals surface area (Å²) in [6, 6.07) is 0. The lowest BCUT2D eigenvalue weighted by Crippen LogP contribution is -2.45. The van der Waals surface area contributed by atoms with E-state index in [0.717, 1.165) is 19.3 Å². The normalized spacial score (nSPS) is 14.9. The Bertz CT molecular complexity index is 417. The molecule has 0 aliphatic heterocycles. The zero-order valence-corrected chi connectivity index (χ0v) is 17.0. The molecular formula is C20H38O3. The number of carbonyl (C=O) groups is 2. The predicted molar refractivity (Wildman–Crippen MR) is 96.6 cm³/mol. The monoisotopic (exact) mass is 326 g/mol. The van der Waals surface area contributed by atoms with Gasteiger partial charge in [-0.25, -0.2) is 0 Å². The van der Waals surface area contributed by atoms with Crippen molar-refractivity contribution < 1.29 is 14.3 Å². The lowest BCUT2D eigenvalue weighted by atomic mass is 9.77. The van der Waals surface area contributed by atoms with Crippen molar-refractivity contribution in [3.8, 4) is 0 Å². The lowest BCUT2D eigenvalue weighted by molar-refractivity contribution is -0.156. The molecule has 1 atom stereocenters. The second kappa shape index (κ2) is 7.92. The van der Waals surface area contributed by atoms with E-state index in [0.29, 0.717) is 0 Å². The van der Waals surface area contributed by atoms with Crippen LogP contribution >= 0.6 is 0 Å². The van der Waals surface area contributed by atoms with E-state index in [-0.39, 0.29) is 34.4 Å². The number of hydrogen-bond donors (Lipinski definition) is 0. The Hall–Kier alpha value is -0.700. The molecular weight excluding hydrogens is 288 g/mol. The maximum Gasteiger partial charge on any atom is 0.169 e. The third kappa shape index (κ3) is 6.37. The summed E-state index contributed by atoms with van der Waals surface area (Å²) in [6.07, 6.45) is 2.28. The van der Waals surface area contributed by atoms with Gasteiger partial charge in [0.1, 0.15) is 11.4 Å². The van der Waals surface area contributed by atoms with Crippen LogP contribution in [-0.4, -0.2) is 23.3 Å². The standard InChI is InChI=1S/C20H38O3/c1-11-18(5,6)17(22)20(9,10)23-15(4)12-13-19(7,8)16(21)14(2)3/h14-15H,11-13H2,1-10H3. The maximum atomic E-state index is 12.7. The van der Waals surface area contributed by atoms with E-state index in [9.17, 15) is 9.59 Å². The van der Waals surface area contributed by atoms with Gasteiger partial charge in [-0.3, -0.25) is 9.59 Å². The minimum absolute atomic E-state index is 0.0459. The van der Waals surface area contributed by atoms with E-state index in [4.69, 9.17) is 4.74 Å². The molecule has 0 aromatic carbocycles. The summed E-state index contributed by atoms with van der Waals surface area (Å²) in [7, 11) is 0. The van der Waals surface area contributed by atoms with Crippen LogP contribution in [0.25, 0.3) is 0 Å². The molecule has 23 heavy (non-hydrogen) atoms. The van der Waals surface area contributed by atoms with Crippen LogP contribution < -0.4 is 0 Å². The molecule has 3 nitrogen and oxygen atoms in total. The summed E-state index contributed by atoms with van der Waals surface area (Å²) in [4.78, 5) is 24.9. The molecule has 0 radical (unpaired) electrons. The summed E-state index contributed by atoms with van der Waals surface area (Å²) in [5.41, 5.74) is -1.52. The fourth-order valence-electron chi connectivity index (χ4n) is 3.06. The zero-order valence-electron chi connectivity index (χ0n) is 17.0. The minimum Gasteiger partial charge on any atom is -0.365 e. The Labute approximate surface area is 143 Å². The first kappa shape index (κ1) is 22.3. The quantitative estimate of drug-likeness (QED) is 0.553. The Morgan fingerprint density at radius 3 is 1.78 bits per heavy atom. The van der Waals surface area contributed by atoms with Crippen LogP contribution in [0.3, 0.4) is 0 Å². The largest absolute Gasteiger partial charge is 0.365 e. The van der Waals surface area contributed by atoms with Gasteiger partial charge in [-0.2, -0.15) is 0 Å². The van der Waals surface area contributed by atoms with Gasteiger partial charge in [0.2, 0.25) is 0 Å². The van der Waals surface area contributed by atoms with Crippen molar-refractivity contribution in [3.05, 3.63) is 0 Å². The van der Waals surface area contributed by atoms with Crippen LogP contribution in [0.15, 0.2) is 0 Å². The van der Waals surface area contributed by atoms with Crippen molar-refractivity contribution in [2.75, 3.05) is 0 Å². The number of hydrogen-bond acceptors (Lipinski definition) is 3. The van der Waals surface area contributed by atoms with Crippen molar-refractivity contribution >= 4 is 11.6 Å². The van der Waals surface area contributed by atoms with Gasteiger partial charge >= 0.3 is 0 Å². The SMILES string of the molecule is CCC(C)(C)C(=O)C(C)(C)OC(C)CCC(C)(C)C(=O)C(C)C. The lowest BCUT2D eigenvalue weighted by Gasteiger charge is -2.35. The first-order valence-electron chi connectivity index (χ1n) is 8.94. The van der Waals surface area contributed by atoms with Crippen LogP contribution in [0.1, 0.15) is 88.5 Å². The van der Waals surface area contributed by atoms with Crippen molar-refractivity contribution in [1.82, 2.24) is 0 Å². The van der Waals surface area contributed by atoms with Gasteiger partial charge in [-0.05, 0) is 40.0 Å². The highest BCUT2D eigenvalue weighted by molar-refractivity contribution is 5.91. The van der Waals surface area contributed by atoms with Crippen molar-refractivity contribution in [3.63, 3.8) is 0 Å². The summed E-state index contributed by atoms with van der Waals surface area (Å²) < 4.78 is 6.06. The molecule has 136 valence electrons. The first-order valence-corrected chi connectivity index (χ1v) is 8.94. The highest BCUT2D eigenvalue weighted by atomic mass is 16.5. The minimum atomic E-state index is -0.800. The van der Waals surface area contributed by atoms with Gasteiger partial charge in [0, 0.05) is 16.7 Å². The average Bonchev–Trinajstić information content (AvgIpc) is 2.42. The Kier molecular flexibility index (Phi) is 7.67. The fraction of sp³-hybridized carbons (Fsp3) is 0.900. The molecule has 0 saturated carbocycles. The van der Waals surface area contributed by atoms with Crippen LogP contribution in [-0.2, 0) is 14.3 Å². The second-order valence-electron chi connectivity index (χ2n) is 8.95. The van der Waals surface area contributed by atoms with Crippen LogP contribution in [0, 0.1) is 16.7 Å². The average molecular weight is 327 g/mol. The molecule has 0 N–H and O–H groups in total. The summed E-state index contributed by atoms with van der Waals surface area (Å²) in [6.45, 7) is 19.5. The van der Waals surface area contributed by atoms with Crippen LogP contribution in [0.2, 0.25) is 0 Å². The van der Waals surface area contributed by atoms with Crippen molar-refractivity contribution in [1.29, 1.82) is 0 Å². The van der Waals surface area contributed by atoms with Gasteiger partial charge in [-0.1, -0.05) is 48.5 Å². The first-order chi connectivity index (χ1) is 10.2. The summed E-state index contributed by atoms with van der Waals surface area (Å²) in [5, 5.41) is 0. The smallest absolute Gasteiger partial charge is 0.169 e. The Morgan fingerprint density at radius 1 is 0.913 bits per heavy atom. The van der Waals surface area contributed by atoms with E-state index < -0.39 is 5.60 Å². The topological polar surface area (TPSA) is 43.4 Å². The van der Waals surface area contributed by atoms with Gasteiger partial charge in [-0.15, -0.1) is 0 Å². The van der Waals surface area contributed by atoms with E-state index in [1.54, 1.807) is 0 Å². The van der Waals surface area contributed by atoms with E-state index in [1.807, 2.05) is 69.2 Å².